The minimum absolute atomic E-state index is 0.0396. The van der Waals surface area contributed by atoms with Crippen molar-refractivity contribution in [2.45, 2.75) is 65.0 Å². The molecule has 0 spiro atoms. The Bertz CT molecular complexity index is 718. The third-order valence-electron chi connectivity index (χ3n) is 5.17. The van der Waals surface area contributed by atoms with Crippen LogP contribution in [0.4, 0.5) is 0 Å². The number of nitrogens with one attached hydrogen (secondary N) is 2. The van der Waals surface area contributed by atoms with E-state index in [-0.39, 0.29) is 35.1 Å². The molecule has 0 saturated carbocycles. The van der Waals surface area contributed by atoms with Gasteiger partial charge in [0, 0.05) is 24.0 Å². The summed E-state index contributed by atoms with van der Waals surface area (Å²) in [7, 11) is 0. The standard InChI is InChI=1S/C20H26N2O3/c1-20(2,3)18-15(9-10-17(24)22-18)21-19(25)13-7-8-14-12(11-13)5-4-6-16(14)23/h7-8,11,15,18H,4-6,9-10H2,1-3H3,(H,21,25)(H,22,24)/t15-,18-/m1/s1. The summed E-state index contributed by atoms with van der Waals surface area (Å²) in [5.74, 6) is 0.0601. The van der Waals surface area contributed by atoms with E-state index < -0.39 is 0 Å². The fourth-order valence-electron chi connectivity index (χ4n) is 3.81. The number of carbonyl (C=O) groups excluding carboxylic acids is 3. The summed E-state index contributed by atoms with van der Waals surface area (Å²) in [5, 5.41) is 6.11. The summed E-state index contributed by atoms with van der Waals surface area (Å²) in [6.45, 7) is 6.19. The highest BCUT2D eigenvalue weighted by Crippen LogP contribution is 2.27. The molecular weight excluding hydrogens is 316 g/mol. The Kier molecular flexibility index (Phi) is 4.67. The number of ketones is 1. The van der Waals surface area contributed by atoms with Crippen molar-refractivity contribution in [2.24, 2.45) is 5.41 Å². The molecule has 2 N–H and O–H groups in total. The van der Waals surface area contributed by atoms with E-state index >= 15 is 0 Å². The van der Waals surface area contributed by atoms with Gasteiger partial charge in [0.05, 0.1) is 12.1 Å². The molecule has 2 atom stereocenters. The molecule has 0 radical (unpaired) electrons. The highest BCUT2D eigenvalue weighted by atomic mass is 16.2. The highest BCUT2D eigenvalue weighted by molar-refractivity contribution is 6.01. The minimum Gasteiger partial charge on any atom is -0.351 e. The molecule has 2 amide bonds. The molecule has 1 saturated heterocycles. The first-order chi connectivity index (χ1) is 11.8. The first-order valence-corrected chi connectivity index (χ1v) is 9.02. The number of Topliss-reactive ketones (excluding diaryl/α,β-unsaturated/α-hetero) is 1. The monoisotopic (exact) mass is 342 g/mol. The van der Waals surface area contributed by atoms with Crippen LogP contribution in [0.3, 0.4) is 0 Å². The maximum atomic E-state index is 12.7. The van der Waals surface area contributed by atoms with E-state index in [1.165, 1.54) is 0 Å². The van der Waals surface area contributed by atoms with Gasteiger partial charge in [-0.1, -0.05) is 26.8 Å². The molecule has 0 bridgehead atoms. The average molecular weight is 342 g/mol. The number of rotatable bonds is 2. The van der Waals surface area contributed by atoms with Crippen LogP contribution in [0.15, 0.2) is 18.2 Å². The number of carbonyl (C=O) groups is 3. The van der Waals surface area contributed by atoms with Gasteiger partial charge in [-0.2, -0.15) is 0 Å². The van der Waals surface area contributed by atoms with Gasteiger partial charge in [0.15, 0.2) is 5.78 Å². The van der Waals surface area contributed by atoms with E-state index in [0.29, 0.717) is 24.8 Å². The van der Waals surface area contributed by atoms with Gasteiger partial charge in [-0.25, -0.2) is 0 Å². The molecule has 2 aliphatic rings. The molecule has 25 heavy (non-hydrogen) atoms. The van der Waals surface area contributed by atoms with Gasteiger partial charge in [0.25, 0.3) is 5.91 Å². The minimum atomic E-state index is -0.143. The summed E-state index contributed by atoms with van der Waals surface area (Å²) >= 11 is 0. The van der Waals surface area contributed by atoms with Crippen LogP contribution in [0.1, 0.15) is 72.7 Å². The first-order valence-electron chi connectivity index (χ1n) is 9.02. The quantitative estimate of drug-likeness (QED) is 0.867. The zero-order chi connectivity index (χ0) is 18.2. The summed E-state index contributed by atoms with van der Waals surface area (Å²) in [4.78, 5) is 36.4. The Morgan fingerprint density at radius 3 is 2.64 bits per heavy atom. The zero-order valence-electron chi connectivity index (χ0n) is 15.1. The van der Waals surface area contributed by atoms with Crippen molar-refractivity contribution in [3.05, 3.63) is 34.9 Å². The molecule has 0 aromatic heterocycles. The fourth-order valence-corrected chi connectivity index (χ4v) is 3.81. The van der Waals surface area contributed by atoms with Crippen LogP contribution in [0, 0.1) is 5.41 Å². The number of amides is 2. The largest absolute Gasteiger partial charge is 0.351 e. The van der Waals surface area contributed by atoms with Crippen LogP contribution < -0.4 is 10.6 Å². The predicted molar refractivity (Wildman–Crippen MR) is 95.6 cm³/mol. The SMILES string of the molecule is CC(C)(C)[C@@H]1NC(=O)CC[C@H]1NC(=O)c1ccc2c(c1)CCCC2=O. The molecule has 1 aromatic carbocycles. The normalized spacial score (nSPS) is 23.6. The van der Waals surface area contributed by atoms with Gasteiger partial charge in [-0.15, -0.1) is 0 Å². The van der Waals surface area contributed by atoms with Crippen molar-refractivity contribution >= 4 is 17.6 Å². The van der Waals surface area contributed by atoms with Crippen LogP contribution in [0.25, 0.3) is 0 Å². The number of piperidine rings is 1. The van der Waals surface area contributed by atoms with E-state index in [1.54, 1.807) is 12.1 Å². The van der Waals surface area contributed by atoms with E-state index in [1.807, 2.05) is 6.07 Å². The second kappa shape index (κ2) is 6.62. The number of hydrogen-bond donors (Lipinski definition) is 2. The van der Waals surface area contributed by atoms with Crippen molar-refractivity contribution in [1.82, 2.24) is 10.6 Å². The first kappa shape index (κ1) is 17.6. The van der Waals surface area contributed by atoms with Crippen molar-refractivity contribution in [3.63, 3.8) is 0 Å². The Labute approximate surface area is 148 Å². The van der Waals surface area contributed by atoms with Crippen molar-refractivity contribution in [3.8, 4) is 0 Å². The van der Waals surface area contributed by atoms with Gasteiger partial charge < -0.3 is 10.6 Å². The Morgan fingerprint density at radius 1 is 1.16 bits per heavy atom. The fraction of sp³-hybridized carbons (Fsp3) is 0.550. The van der Waals surface area contributed by atoms with Gasteiger partial charge in [0.2, 0.25) is 5.91 Å². The van der Waals surface area contributed by atoms with E-state index in [2.05, 4.69) is 31.4 Å². The molecule has 5 heteroatoms. The van der Waals surface area contributed by atoms with Gasteiger partial charge in [-0.05, 0) is 42.4 Å². The molecular formula is C20H26N2O3. The van der Waals surface area contributed by atoms with Crippen LogP contribution in [0.5, 0.6) is 0 Å². The third kappa shape index (κ3) is 3.75. The van der Waals surface area contributed by atoms with Gasteiger partial charge in [-0.3, -0.25) is 14.4 Å². The topological polar surface area (TPSA) is 75.3 Å². The third-order valence-corrected chi connectivity index (χ3v) is 5.17. The lowest BCUT2D eigenvalue weighted by Crippen LogP contribution is -2.60. The van der Waals surface area contributed by atoms with Crippen molar-refractivity contribution < 1.29 is 14.4 Å². The van der Waals surface area contributed by atoms with Crippen molar-refractivity contribution in [2.75, 3.05) is 0 Å². The number of benzene rings is 1. The molecule has 0 unspecified atom stereocenters. The Balaban J connectivity index is 1.77. The van der Waals surface area contributed by atoms with E-state index in [0.717, 1.165) is 24.0 Å². The Morgan fingerprint density at radius 2 is 1.92 bits per heavy atom. The van der Waals surface area contributed by atoms with Gasteiger partial charge in [0.1, 0.15) is 0 Å². The molecule has 134 valence electrons. The van der Waals surface area contributed by atoms with Crippen molar-refractivity contribution in [1.29, 1.82) is 0 Å². The van der Waals surface area contributed by atoms with Crippen LogP contribution >= 0.6 is 0 Å². The number of hydrogen-bond acceptors (Lipinski definition) is 3. The van der Waals surface area contributed by atoms with E-state index in [9.17, 15) is 14.4 Å². The molecule has 1 aromatic rings. The highest BCUT2D eigenvalue weighted by Gasteiger charge is 2.37. The van der Waals surface area contributed by atoms with Crippen LogP contribution in [-0.4, -0.2) is 29.7 Å². The number of aryl methyl sites for hydroxylation is 1. The summed E-state index contributed by atoms with van der Waals surface area (Å²) in [5.41, 5.74) is 2.16. The molecule has 1 heterocycles. The molecule has 5 nitrogen and oxygen atoms in total. The zero-order valence-corrected chi connectivity index (χ0v) is 15.1. The second-order valence-corrected chi connectivity index (χ2v) is 8.18. The summed E-state index contributed by atoms with van der Waals surface area (Å²) in [6, 6.07) is 5.15. The molecule has 3 rings (SSSR count). The second-order valence-electron chi connectivity index (χ2n) is 8.18. The maximum Gasteiger partial charge on any atom is 0.251 e. The molecule has 1 aliphatic carbocycles. The lowest BCUT2D eigenvalue weighted by Gasteiger charge is -2.41. The predicted octanol–water partition coefficient (Wildman–Crippen LogP) is 2.63. The van der Waals surface area contributed by atoms with Gasteiger partial charge >= 0.3 is 0 Å². The maximum absolute atomic E-state index is 12.7. The lowest BCUT2D eigenvalue weighted by atomic mass is 9.78. The lowest BCUT2D eigenvalue weighted by molar-refractivity contribution is -0.125. The molecule has 1 fully saturated rings. The molecule has 1 aliphatic heterocycles. The van der Waals surface area contributed by atoms with Crippen LogP contribution in [0.2, 0.25) is 0 Å². The summed E-state index contributed by atoms with van der Waals surface area (Å²) < 4.78 is 0. The smallest absolute Gasteiger partial charge is 0.251 e. The number of fused-ring (bicyclic) bond motifs is 1. The van der Waals surface area contributed by atoms with Crippen LogP contribution in [-0.2, 0) is 11.2 Å². The average Bonchev–Trinajstić information content (AvgIpc) is 2.55. The van der Waals surface area contributed by atoms with E-state index in [4.69, 9.17) is 0 Å². The Hall–Kier alpha value is -2.17. The summed E-state index contributed by atoms with van der Waals surface area (Å²) in [6.07, 6.45) is 3.34.